The summed E-state index contributed by atoms with van der Waals surface area (Å²) in [4.78, 5) is 25.4. The molecule has 2 saturated heterocycles. The van der Waals surface area contributed by atoms with E-state index in [-0.39, 0.29) is 34.7 Å². The van der Waals surface area contributed by atoms with E-state index >= 15 is 0 Å². The molecule has 1 amide bonds. The molecule has 0 saturated carbocycles. The minimum atomic E-state index is -0.196. The van der Waals surface area contributed by atoms with Crippen molar-refractivity contribution in [1.29, 1.82) is 0 Å². The number of nitrogens with zero attached hydrogens (tertiary/aromatic N) is 1. The molecule has 6 heteroatoms. The molecule has 2 aliphatic rings. The van der Waals surface area contributed by atoms with Gasteiger partial charge < -0.3 is 19.7 Å². The molecule has 2 fully saturated rings. The number of hydrogen-bond acceptors (Lipinski definition) is 5. The average molecular weight is 332 g/mol. The zero-order valence-electron chi connectivity index (χ0n) is 13.2. The fourth-order valence-electron chi connectivity index (χ4n) is 3.01. The molecule has 5 nitrogen and oxygen atoms in total. The van der Waals surface area contributed by atoms with E-state index < -0.39 is 0 Å². The number of benzene rings is 1. The van der Waals surface area contributed by atoms with E-state index in [9.17, 15) is 9.59 Å². The number of nitrogens with one attached hydrogen (secondary N) is 1. The van der Waals surface area contributed by atoms with Gasteiger partial charge >= 0.3 is 0 Å². The highest BCUT2D eigenvalue weighted by molar-refractivity contribution is 8.01. The van der Waals surface area contributed by atoms with Crippen LogP contribution in [-0.4, -0.2) is 45.9 Å². The van der Waals surface area contributed by atoms with E-state index in [1.54, 1.807) is 23.9 Å². The van der Waals surface area contributed by atoms with Gasteiger partial charge in [-0.3, -0.25) is 4.79 Å². The van der Waals surface area contributed by atoms with Crippen molar-refractivity contribution in [3.8, 4) is 5.75 Å². The lowest BCUT2D eigenvalue weighted by atomic mass is 9.95. The molecule has 3 atom stereocenters. The Labute approximate surface area is 140 Å². The van der Waals surface area contributed by atoms with E-state index in [2.05, 4.69) is 11.9 Å². The van der Waals surface area contributed by atoms with Crippen molar-refractivity contribution in [2.24, 2.45) is 0 Å². The number of hydrogen-bond donors (Lipinski definition) is 1. The van der Waals surface area contributed by atoms with E-state index in [0.29, 0.717) is 5.75 Å². The molecule has 0 spiro atoms. The van der Waals surface area contributed by atoms with Crippen molar-refractivity contribution < 1.29 is 14.3 Å². The average Bonchev–Trinajstić information content (AvgIpc) is 2.79. The second kappa shape index (κ2) is 5.92. The van der Waals surface area contributed by atoms with Crippen LogP contribution in [0.4, 0.5) is 0 Å². The number of para-hydroxylation sites is 1. The topological polar surface area (TPSA) is 58.6 Å². The van der Waals surface area contributed by atoms with Gasteiger partial charge in [-0.05, 0) is 26.0 Å². The first-order valence-electron chi connectivity index (χ1n) is 7.51. The molecule has 2 heterocycles. The van der Waals surface area contributed by atoms with Crippen LogP contribution in [0.25, 0.3) is 0 Å². The van der Waals surface area contributed by atoms with Gasteiger partial charge in [0.2, 0.25) is 0 Å². The van der Waals surface area contributed by atoms with Gasteiger partial charge in [0.1, 0.15) is 17.4 Å². The maximum atomic E-state index is 12.1. The number of fused-ring (bicyclic) bond motifs is 1. The Balaban J connectivity index is 1.56. The van der Waals surface area contributed by atoms with Gasteiger partial charge in [-0.2, -0.15) is 0 Å². The summed E-state index contributed by atoms with van der Waals surface area (Å²) < 4.78 is 5.26. The fraction of sp³-hybridized carbons (Fsp3) is 0.412. The molecule has 122 valence electrons. The summed E-state index contributed by atoms with van der Waals surface area (Å²) in [6, 6.07) is 8.88. The van der Waals surface area contributed by atoms with Crippen molar-refractivity contribution in [3.05, 3.63) is 42.6 Å². The molecule has 1 aromatic carbocycles. The second-order valence-electron chi connectivity index (χ2n) is 6.24. The highest BCUT2D eigenvalue weighted by Crippen LogP contribution is 2.53. The second-order valence-corrected chi connectivity index (χ2v) is 8.01. The molecule has 0 aromatic heterocycles. The number of thioether (sulfide) groups is 1. The molecule has 23 heavy (non-hydrogen) atoms. The molecule has 0 radical (unpaired) electrons. The van der Waals surface area contributed by atoms with Gasteiger partial charge in [-0.25, -0.2) is 0 Å². The van der Waals surface area contributed by atoms with Crippen LogP contribution >= 0.6 is 11.8 Å². The van der Waals surface area contributed by atoms with Crippen LogP contribution in [0.1, 0.15) is 13.8 Å². The van der Waals surface area contributed by atoms with Gasteiger partial charge in [-0.15, -0.1) is 11.8 Å². The molecular formula is C17H20N2O3S. The van der Waals surface area contributed by atoms with E-state index in [1.165, 1.54) is 0 Å². The first-order valence-corrected chi connectivity index (χ1v) is 8.39. The standard InChI is InChI=1S/C17H20N2O3S/c1-11-15(16-19(11)13(9-20)17(2,3)23-16)18-14(21)10-22-12-7-5-4-6-8-12/h4-9,13,15-16H,1,10H2,2-3H3,(H,18,21). The monoisotopic (exact) mass is 332 g/mol. The maximum absolute atomic E-state index is 12.1. The smallest absolute Gasteiger partial charge is 0.258 e. The summed E-state index contributed by atoms with van der Waals surface area (Å²) in [6.45, 7) is 8.06. The Morgan fingerprint density at radius 2 is 2.13 bits per heavy atom. The number of rotatable bonds is 5. The Morgan fingerprint density at radius 3 is 2.78 bits per heavy atom. The summed E-state index contributed by atoms with van der Waals surface area (Å²) in [6.07, 6.45) is 0.967. The molecule has 3 unspecified atom stereocenters. The fourth-order valence-corrected chi connectivity index (χ4v) is 4.68. The third-order valence-electron chi connectivity index (χ3n) is 4.24. The van der Waals surface area contributed by atoms with Crippen LogP contribution in [0.5, 0.6) is 5.75 Å². The van der Waals surface area contributed by atoms with Crippen molar-refractivity contribution in [2.45, 2.75) is 36.1 Å². The van der Waals surface area contributed by atoms with Crippen molar-refractivity contribution in [2.75, 3.05) is 6.61 Å². The van der Waals surface area contributed by atoms with Crippen molar-refractivity contribution >= 4 is 24.0 Å². The molecule has 0 aliphatic carbocycles. The minimum Gasteiger partial charge on any atom is -0.484 e. The number of aldehydes is 1. The number of carbonyl (C=O) groups excluding carboxylic acids is 2. The van der Waals surface area contributed by atoms with Crippen molar-refractivity contribution in [3.63, 3.8) is 0 Å². The predicted molar refractivity (Wildman–Crippen MR) is 90.2 cm³/mol. The van der Waals surface area contributed by atoms with Crippen LogP contribution in [0, 0.1) is 0 Å². The van der Waals surface area contributed by atoms with Crippen LogP contribution in [-0.2, 0) is 9.59 Å². The number of ether oxygens (including phenoxy) is 1. The summed E-state index contributed by atoms with van der Waals surface area (Å²) in [5, 5.41) is 3.01. The highest BCUT2D eigenvalue weighted by Gasteiger charge is 2.58. The maximum Gasteiger partial charge on any atom is 0.258 e. The molecular weight excluding hydrogens is 312 g/mol. The predicted octanol–water partition coefficient (Wildman–Crippen LogP) is 1.80. The first kappa shape index (κ1) is 15.9. The largest absolute Gasteiger partial charge is 0.484 e. The lowest BCUT2D eigenvalue weighted by Gasteiger charge is -2.48. The van der Waals surface area contributed by atoms with Gasteiger partial charge in [0.05, 0.1) is 12.1 Å². The minimum absolute atomic E-state index is 0.0360. The van der Waals surface area contributed by atoms with E-state index in [4.69, 9.17) is 4.74 Å². The van der Waals surface area contributed by atoms with E-state index in [0.717, 1.165) is 12.0 Å². The van der Waals surface area contributed by atoms with Crippen LogP contribution in [0.3, 0.4) is 0 Å². The quantitative estimate of drug-likeness (QED) is 0.833. The zero-order valence-corrected chi connectivity index (χ0v) is 14.0. The molecule has 2 aliphatic heterocycles. The third kappa shape index (κ3) is 2.83. The summed E-state index contributed by atoms with van der Waals surface area (Å²) in [5.74, 6) is 0.474. The van der Waals surface area contributed by atoms with Gasteiger partial charge in [0.15, 0.2) is 6.61 Å². The number of amides is 1. The zero-order chi connectivity index (χ0) is 16.6. The summed E-state index contributed by atoms with van der Waals surface area (Å²) in [7, 11) is 0. The van der Waals surface area contributed by atoms with Gasteiger partial charge in [-0.1, -0.05) is 24.8 Å². The lowest BCUT2D eigenvalue weighted by Crippen LogP contribution is -2.63. The Morgan fingerprint density at radius 1 is 1.43 bits per heavy atom. The number of carbonyl (C=O) groups is 2. The summed E-state index contributed by atoms with van der Waals surface area (Å²) >= 11 is 1.70. The normalized spacial score (nSPS) is 27.8. The first-order chi connectivity index (χ1) is 10.9. The van der Waals surface area contributed by atoms with Gasteiger partial charge in [0, 0.05) is 10.4 Å². The lowest BCUT2D eigenvalue weighted by molar-refractivity contribution is -0.124. The Kier molecular flexibility index (Phi) is 4.10. The highest BCUT2D eigenvalue weighted by atomic mass is 32.2. The SMILES string of the molecule is C=C1C(NC(=O)COc2ccccc2)C2SC(C)(C)C(C=O)N12. The molecule has 3 rings (SSSR count). The Hall–Kier alpha value is -1.95. The summed E-state index contributed by atoms with van der Waals surface area (Å²) in [5.41, 5.74) is 0.790. The molecule has 1 N–H and O–H groups in total. The molecule has 0 bridgehead atoms. The van der Waals surface area contributed by atoms with E-state index in [1.807, 2.05) is 36.9 Å². The third-order valence-corrected chi connectivity index (χ3v) is 5.83. The van der Waals surface area contributed by atoms with Crippen LogP contribution < -0.4 is 10.1 Å². The molecule has 1 aromatic rings. The van der Waals surface area contributed by atoms with Crippen molar-refractivity contribution in [1.82, 2.24) is 10.2 Å². The Bertz CT molecular complexity index is 632. The van der Waals surface area contributed by atoms with Crippen LogP contribution in [0.15, 0.2) is 42.6 Å². The van der Waals surface area contributed by atoms with Gasteiger partial charge in [0.25, 0.3) is 5.91 Å². The van der Waals surface area contributed by atoms with Crippen LogP contribution in [0.2, 0.25) is 0 Å².